The molecule has 2 N–H and O–H groups in total. The van der Waals surface area contributed by atoms with Gasteiger partial charge in [0, 0.05) is 38.5 Å². The van der Waals surface area contributed by atoms with Crippen LogP contribution in [0.2, 0.25) is 0 Å². The lowest BCUT2D eigenvalue weighted by molar-refractivity contribution is 0.267. The molecule has 25 heavy (non-hydrogen) atoms. The van der Waals surface area contributed by atoms with E-state index >= 15 is 0 Å². The molecule has 2 rings (SSSR count). The molecule has 0 spiro atoms. The first kappa shape index (κ1) is 22.1. The highest BCUT2D eigenvalue weighted by Crippen LogP contribution is 2.15. The van der Waals surface area contributed by atoms with Gasteiger partial charge in [-0.25, -0.2) is 0 Å². The van der Waals surface area contributed by atoms with Crippen molar-refractivity contribution < 1.29 is 4.52 Å². The number of aryl methyl sites for hydroxylation is 1. The quantitative estimate of drug-likeness (QED) is 0.266. The molecule has 1 saturated heterocycles. The van der Waals surface area contributed by atoms with Crippen LogP contribution in [-0.4, -0.2) is 60.3 Å². The van der Waals surface area contributed by atoms with Crippen LogP contribution < -0.4 is 10.6 Å². The van der Waals surface area contributed by atoms with Crippen LogP contribution in [-0.2, 0) is 6.42 Å². The second-order valence-corrected chi connectivity index (χ2v) is 6.61. The Bertz CT molecular complexity index is 519. The second-order valence-electron chi connectivity index (χ2n) is 6.61. The van der Waals surface area contributed by atoms with Gasteiger partial charge in [-0.2, -0.15) is 4.98 Å². The normalized spacial score (nSPS) is 18.4. The molecule has 7 nitrogen and oxygen atoms in total. The Morgan fingerprint density at radius 2 is 2.20 bits per heavy atom. The van der Waals surface area contributed by atoms with Gasteiger partial charge in [-0.15, -0.1) is 24.0 Å². The standard InChI is InChI=1S/C17H32N6O.HI/c1-5-23-11-7-8-14(23)12-20-17(18-4)19-10-6-9-15-21-16(13(2)3)22-24-15;/h13-14H,5-12H2,1-4H3,(H2,18,19,20);1H. The van der Waals surface area contributed by atoms with Gasteiger partial charge in [-0.1, -0.05) is 25.9 Å². The van der Waals surface area contributed by atoms with Crippen molar-refractivity contribution >= 4 is 29.9 Å². The summed E-state index contributed by atoms with van der Waals surface area (Å²) in [6.45, 7) is 10.5. The first-order chi connectivity index (χ1) is 11.6. The van der Waals surface area contributed by atoms with Gasteiger partial charge >= 0.3 is 0 Å². The molecule has 1 aromatic heterocycles. The van der Waals surface area contributed by atoms with Crippen molar-refractivity contribution in [2.75, 3.05) is 33.2 Å². The highest BCUT2D eigenvalue weighted by molar-refractivity contribution is 14.0. The first-order valence-electron chi connectivity index (χ1n) is 9.15. The summed E-state index contributed by atoms with van der Waals surface area (Å²) in [6.07, 6.45) is 4.29. The molecule has 0 amide bonds. The molecule has 2 heterocycles. The fraction of sp³-hybridized carbons (Fsp3) is 0.824. The SMILES string of the molecule is CCN1CCCC1CNC(=NC)NCCCc1nc(C(C)C)no1.I. The summed E-state index contributed by atoms with van der Waals surface area (Å²) in [6, 6.07) is 0.626. The third kappa shape index (κ3) is 7.08. The van der Waals surface area contributed by atoms with Gasteiger partial charge in [0.05, 0.1) is 0 Å². The molecule has 0 bridgehead atoms. The second kappa shape index (κ2) is 11.7. The molecule has 0 saturated carbocycles. The molecular weight excluding hydrogens is 431 g/mol. The molecule has 8 heteroatoms. The van der Waals surface area contributed by atoms with Crippen molar-refractivity contribution in [3.8, 4) is 0 Å². The molecule has 1 unspecified atom stereocenters. The summed E-state index contributed by atoms with van der Waals surface area (Å²) in [5.74, 6) is 2.67. The van der Waals surface area contributed by atoms with E-state index in [-0.39, 0.29) is 24.0 Å². The Kier molecular flexibility index (Phi) is 10.3. The van der Waals surface area contributed by atoms with E-state index in [1.807, 2.05) is 7.05 Å². The van der Waals surface area contributed by atoms with Crippen molar-refractivity contribution in [2.24, 2.45) is 4.99 Å². The number of hydrogen-bond acceptors (Lipinski definition) is 5. The molecule has 1 aliphatic heterocycles. The van der Waals surface area contributed by atoms with Crippen LogP contribution in [0.3, 0.4) is 0 Å². The van der Waals surface area contributed by atoms with E-state index in [9.17, 15) is 0 Å². The van der Waals surface area contributed by atoms with Crippen molar-refractivity contribution in [3.63, 3.8) is 0 Å². The minimum Gasteiger partial charge on any atom is -0.356 e. The van der Waals surface area contributed by atoms with E-state index in [1.54, 1.807) is 0 Å². The van der Waals surface area contributed by atoms with E-state index in [4.69, 9.17) is 4.52 Å². The Morgan fingerprint density at radius 1 is 1.40 bits per heavy atom. The lowest BCUT2D eigenvalue weighted by atomic mass is 10.2. The molecule has 0 aromatic carbocycles. The van der Waals surface area contributed by atoms with Gasteiger partial charge in [0.1, 0.15) is 0 Å². The first-order valence-corrected chi connectivity index (χ1v) is 9.15. The summed E-state index contributed by atoms with van der Waals surface area (Å²) >= 11 is 0. The van der Waals surface area contributed by atoms with E-state index < -0.39 is 0 Å². The Morgan fingerprint density at radius 3 is 2.84 bits per heavy atom. The van der Waals surface area contributed by atoms with Crippen molar-refractivity contribution in [3.05, 3.63) is 11.7 Å². The van der Waals surface area contributed by atoms with Crippen molar-refractivity contribution in [1.82, 2.24) is 25.7 Å². The molecule has 1 aliphatic rings. The topological polar surface area (TPSA) is 78.6 Å². The van der Waals surface area contributed by atoms with Crippen molar-refractivity contribution in [1.29, 1.82) is 0 Å². The zero-order chi connectivity index (χ0) is 17.4. The summed E-state index contributed by atoms with van der Waals surface area (Å²) in [4.78, 5) is 11.2. The molecule has 144 valence electrons. The maximum Gasteiger partial charge on any atom is 0.226 e. The largest absolute Gasteiger partial charge is 0.356 e. The lowest BCUT2D eigenvalue weighted by Gasteiger charge is -2.23. The zero-order valence-corrected chi connectivity index (χ0v) is 18.2. The van der Waals surface area contributed by atoms with Crippen LogP contribution in [0, 0.1) is 0 Å². The maximum absolute atomic E-state index is 5.26. The molecule has 0 radical (unpaired) electrons. The number of guanidine groups is 1. The maximum atomic E-state index is 5.26. The molecular formula is C17H33IN6O. The molecule has 0 aliphatic carbocycles. The van der Waals surface area contributed by atoms with E-state index in [0.29, 0.717) is 17.9 Å². The number of likely N-dealkylation sites (N-methyl/N-ethyl adjacent to an activating group) is 1. The van der Waals surface area contributed by atoms with Gasteiger partial charge in [0.15, 0.2) is 11.8 Å². The molecule has 1 aromatic rings. The van der Waals surface area contributed by atoms with Crippen LogP contribution in [0.4, 0.5) is 0 Å². The Labute approximate surface area is 168 Å². The fourth-order valence-corrected chi connectivity index (χ4v) is 3.03. The summed E-state index contributed by atoms with van der Waals surface area (Å²) in [5.41, 5.74) is 0. The van der Waals surface area contributed by atoms with Crippen LogP contribution >= 0.6 is 24.0 Å². The average molecular weight is 464 g/mol. The van der Waals surface area contributed by atoms with Gasteiger partial charge in [0.25, 0.3) is 0 Å². The predicted octanol–water partition coefficient (Wildman–Crippen LogP) is 2.39. The van der Waals surface area contributed by atoms with Gasteiger partial charge < -0.3 is 15.2 Å². The van der Waals surface area contributed by atoms with Gasteiger partial charge in [-0.3, -0.25) is 9.89 Å². The number of rotatable bonds is 8. The van der Waals surface area contributed by atoms with Crippen LogP contribution in [0.1, 0.15) is 57.7 Å². The van der Waals surface area contributed by atoms with Crippen LogP contribution in [0.5, 0.6) is 0 Å². The number of aliphatic imine (C=N–C) groups is 1. The van der Waals surface area contributed by atoms with Gasteiger partial charge in [0.2, 0.25) is 5.89 Å². The van der Waals surface area contributed by atoms with Crippen molar-refractivity contribution in [2.45, 2.75) is 58.4 Å². The van der Waals surface area contributed by atoms with E-state index in [2.05, 4.69) is 51.4 Å². The predicted molar refractivity (Wildman–Crippen MR) is 112 cm³/mol. The third-order valence-corrected chi connectivity index (χ3v) is 4.49. The summed E-state index contributed by atoms with van der Waals surface area (Å²) in [5, 5.41) is 10.8. The van der Waals surface area contributed by atoms with E-state index in [0.717, 1.165) is 44.3 Å². The zero-order valence-electron chi connectivity index (χ0n) is 15.9. The molecule has 1 atom stereocenters. The van der Waals surface area contributed by atoms with E-state index in [1.165, 1.54) is 19.4 Å². The average Bonchev–Trinajstić information content (AvgIpc) is 3.23. The van der Waals surface area contributed by atoms with Gasteiger partial charge in [-0.05, 0) is 32.4 Å². The number of hydrogen-bond donors (Lipinski definition) is 2. The summed E-state index contributed by atoms with van der Waals surface area (Å²) in [7, 11) is 1.81. The summed E-state index contributed by atoms with van der Waals surface area (Å²) < 4.78 is 5.26. The monoisotopic (exact) mass is 464 g/mol. The number of aromatic nitrogens is 2. The number of likely N-dealkylation sites (tertiary alicyclic amines) is 1. The minimum atomic E-state index is 0. The van der Waals surface area contributed by atoms with Crippen LogP contribution in [0.25, 0.3) is 0 Å². The highest BCUT2D eigenvalue weighted by atomic mass is 127. The Hall–Kier alpha value is -0.900. The number of nitrogens with zero attached hydrogens (tertiary/aromatic N) is 4. The lowest BCUT2D eigenvalue weighted by Crippen LogP contribution is -2.45. The molecule has 1 fully saturated rings. The fourth-order valence-electron chi connectivity index (χ4n) is 3.03. The third-order valence-electron chi connectivity index (χ3n) is 4.49. The smallest absolute Gasteiger partial charge is 0.226 e. The Balaban J connectivity index is 0.00000312. The minimum absolute atomic E-state index is 0. The number of nitrogens with one attached hydrogen (secondary N) is 2. The highest BCUT2D eigenvalue weighted by Gasteiger charge is 2.22. The number of halogens is 1. The van der Waals surface area contributed by atoms with Crippen LogP contribution in [0.15, 0.2) is 9.52 Å².